The van der Waals surface area contributed by atoms with Crippen LogP contribution in [0, 0.1) is 12.8 Å². The Bertz CT molecular complexity index is 641. The summed E-state index contributed by atoms with van der Waals surface area (Å²) in [5.41, 5.74) is 2.98. The summed E-state index contributed by atoms with van der Waals surface area (Å²) in [7, 11) is 0. The van der Waals surface area contributed by atoms with Crippen LogP contribution >= 0.6 is 0 Å². The Kier molecular flexibility index (Phi) is 5.75. The number of amides is 1. The average molecular weight is 369 g/mol. The van der Waals surface area contributed by atoms with Gasteiger partial charge in [-0.3, -0.25) is 9.69 Å². The highest BCUT2D eigenvalue weighted by Gasteiger charge is 2.41. The fourth-order valence-corrected chi connectivity index (χ4v) is 3.92. The van der Waals surface area contributed by atoms with Crippen molar-refractivity contribution in [2.45, 2.75) is 38.8 Å². The first-order chi connectivity index (χ1) is 12.3. The number of alkyl halides is 3. The third kappa shape index (κ3) is 4.69. The second kappa shape index (κ2) is 7.86. The van der Waals surface area contributed by atoms with Gasteiger partial charge in [0.25, 0.3) is 0 Å². The van der Waals surface area contributed by atoms with E-state index in [0.717, 1.165) is 18.7 Å². The minimum Gasteiger partial charge on any atom is -0.371 e. The Balaban J connectivity index is 1.55. The summed E-state index contributed by atoms with van der Waals surface area (Å²) >= 11 is 0. The van der Waals surface area contributed by atoms with Crippen molar-refractivity contribution in [2.75, 3.05) is 42.9 Å². The molecule has 144 valence electrons. The topological polar surface area (TPSA) is 35.6 Å². The first-order valence-corrected chi connectivity index (χ1v) is 9.27. The van der Waals surface area contributed by atoms with Crippen molar-refractivity contribution in [2.24, 2.45) is 5.92 Å². The number of likely N-dealkylation sites (tertiary alicyclic amines) is 1. The summed E-state index contributed by atoms with van der Waals surface area (Å²) in [6, 6.07) is 5.81. The summed E-state index contributed by atoms with van der Waals surface area (Å²) in [6.07, 6.45) is -1.16. The Labute approximate surface area is 152 Å². The van der Waals surface area contributed by atoms with Crippen molar-refractivity contribution in [3.8, 4) is 0 Å². The zero-order valence-corrected chi connectivity index (χ0v) is 15.1. The molecule has 0 aliphatic carbocycles. The molecule has 0 bridgehead atoms. The van der Waals surface area contributed by atoms with Gasteiger partial charge in [-0.05, 0) is 62.9 Å². The molecule has 0 saturated carbocycles. The molecule has 0 aromatic heterocycles. The number of hydrogen-bond acceptors (Lipinski definition) is 3. The van der Waals surface area contributed by atoms with E-state index in [1.165, 1.54) is 18.5 Å². The van der Waals surface area contributed by atoms with E-state index < -0.39 is 12.1 Å². The quantitative estimate of drug-likeness (QED) is 0.877. The zero-order valence-electron chi connectivity index (χ0n) is 15.1. The summed E-state index contributed by atoms with van der Waals surface area (Å²) in [4.78, 5) is 16.2. The van der Waals surface area contributed by atoms with Crippen LogP contribution in [-0.4, -0.2) is 49.7 Å². The second-order valence-electron chi connectivity index (χ2n) is 7.36. The largest absolute Gasteiger partial charge is 0.393 e. The molecule has 2 saturated heterocycles. The maximum absolute atomic E-state index is 12.9. The normalized spacial score (nSPS) is 21.8. The number of piperidine rings is 1. The molecule has 4 nitrogen and oxygen atoms in total. The number of aryl methyl sites for hydroxylation is 1. The summed E-state index contributed by atoms with van der Waals surface area (Å²) in [6.45, 7) is 4.57. The Hall–Kier alpha value is -1.76. The van der Waals surface area contributed by atoms with Crippen LogP contribution in [0.5, 0.6) is 0 Å². The molecule has 2 heterocycles. The Morgan fingerprint density at radius 1 is 1.19 bits per heavy atom. The van der Waals surface area contributed by atoms with Gasteiger partial charge in [0.15, 0.2) is 0 Å². The molecule has 2 aliphatic heterocycles. The lowest BCUT2D eigenvalue weighted by Gasteiger charge is -2.33. The van der Waals surface area contributed by atoms with Crippen molar-refractivity contribution in [1.82, 2.24) is 4.90 Å². The van der Waals surface area contributed by atoms with Crippen LogP contribution in [-0.2, 0) is 4.79 Å². The van der Waals surface area contributed by atoms with Crippen LogP contribution in [0.1, 0.15) is 31.2 Å². The Morgan fingerprint density at radius 3 is 2.58 bits per heavy atom. The SMILES string of the molecule is Cc1cc(NC(=O)CN2CCC[C@@H](C(F)(F)F)C2)ccc1N1CCCC1. The summed E-state index contributed by atoms with van der Waals surface area (Å²) < 4.78 is 38.6. The zero-order chi connectivity index (χ0) is 18.7. The predicted octanol–water partition coefficient (Wildman–Crippen LogP) is 3.81. The van der Waals surface area contributed by atoms with Crippen LogP contribution in [0.15, 0.2) is 18.2 Å². The van der Waals surface area contributed by atoms with Gasteiger partial charge in [0.2, 0.25) is 5.91 Å². The molecule has 1 atom stereocenters. The fraction of sp³-hybridized carbons (Fsp3) is 0.632. The van der Waals surface area contributed by atoms with Crippen molar-refractivity contribution in [3.63, 3.8) is 0 Å². The fourth-order valence-electron chi connectivity index (χ4n) is 3.92. The molecule has 1 aromatic carbocycles. The van der Waals surface area contributed by atoms with E-state index in [0.29, 0.717) is 18.7 Å². The highest BCUT2D eigenvalue weighted by Crippen LogP contribution is 2.33. The molecular formula is C19H26F3N3O. The van der Waals surface area contributed by atoms with Gasteiger partial charge in [0.05, 0.1) is 12.5 Å². The van der Waals surface area contributed by atoms with Gasteiger partial charge in [-0.2, -0.15) is 13.2 Å². The van der Waals surface area contributed by atoms with Crippen LogP contribution in [0.2, 0.25) is 0 Å². The van der Waals surface area contributed by atoms with Gasteiger partial charge in [-0.15, -0.1) is 0 Å². The van der Waals surface area contributed by atoms with E-state index >= 15 is 0 Å². The van der Waals surface area contributed by atoms with E-state index in [2.05, 4.69) is 10.2 Å². The molecule has 26 heavy (non-hydrogen) atoms. The predicted molar refractivity (Wildman–Crippen MR) is 96.5 cm³/mol. The van der Waals surface area contributed by atoms with E-state index in [1.807, 2.05) is 25.1 Å². The highest BCUT2D eigenvalue weighted by atomic mass is 19.4. The molecule has 0 radical (unpaired) electrons. The van der Waals surface area contributed by atoms with Gasteiger partial charge >= 0.3 is 6.18 Å². The van der Waals surface area contributed by atoms with Crippen LogP contribution in [0.25, 0.3) is 0 Å². The van der Waals surface area contributed by atoms with Crippen molar-refractivity contribution < 1.29 is 18.0 Å². The molecule has 0 spiro atoms. The molecule has 1 N–H and O–H groups in total. The number of nitrogens with zero attached hydrogens (tertiary/aromatic N) is 2. The van der Waals surface area contributed by atoms with Gasteiger partial charge in [-0.25, -0.2) is 0 Å². The lowest BCUT2D eigenvalue weighted by atomic mass is 9.97. The average Bonchev–Trinajstić information content (AvgIpc) is 3.08. The number of nitrogens with one attached hydrogen (secondary N) is 1. The van der Waals surface area contributed by atoms with Gasteiger partial charge in [0, 0.05) is 31.0 Å². The number of halogens is 3. The maximum atomic E-state index is 12.9. The molecule has 0 unspecified atom stereocenters. The summed E-state index contributed by atoms with van der Waals surface area (Å²) in [5, 5.41) is 2.82. The molecule has 7 heteroatoms. The number of carbonyl (C=O) groups is 1. The van der Waals surface area contributed by atoms with Crippen molar-refractivity contribution in [1.29, 1.82) is 0 Å². The van der Waals surface area contributed by atoms with Gasteiger partial charge < -0.3 is 10.2 Å². The van der Waals surface area contributed by atoms with Crippen LogP contribution in [0.3, 0.4) is 0 Å². The number of benzene rings is 1. The standard InChI is InChI=1S/C19H26F3N3O/c1-14-11-16(6-7-17(14)25-9-2-3-10-25)23-18(26)13-24-8-4-5-15(12-24)19(20,21)22/h6-7,11,15H,2-5,8-10,12-13H2,1H3,(H,23,26)/t15-/m1/s1. The van der Waals surface area contributed by atoms with E-state index in [9.17, 15) is 18.0 Å². The van der Waals surface area contributed by atoms with E-state index in [4.69, 9.17) is 0 Å². The molecule has 1 aromatic rings. The first kappa shape index (κ1) is 19.0. The third-order valence-electron chi connectivity index (χ3n) is 5.26. The number of rotatable bonds is 4. The van der Waals surface area contributed by atoms with Crippen LogP contribution in [0.4, 0.5) is 24.5 Å². The van der Waals surface area contributed by atoms with Gasteiger partial charge in [-0.1, -0.05) is 0 Å². The molecule has 1 amide bonds. The second-order valence-corrected chi connectivity index (χ2v) is 7.36. The lowest BCUT2D eigenvalue weighted by Crippen LogP contribution is -2.44. The van der Waals surface area contributed by atoms with Crippen LogP contribution < -0.4 is 10.2 Å². The van der Waals surface area contributed by atoms with Crippen molar-refractivity contribution in [3.05, 3.63) is 23.8 Å². The summed E-state index contributed by atoms with van der Waals surface area (Å²) in [5.74, 6) is -1.59. The van der Waals surface area contributed by atoms with Crippen molar-refractivity contribution >= 4 is 17.3 Å². The molecular weight excluding hydrogens is 343 g/mol. The molecule has 2 aliphatic rings. The number of carbonyl (C=O) groups excluding carboxylic acids is 1. The maximum Gasteiger partial charge on any atom is 0.393 e. The minimum atomic E-state index is -4.18. The lowest BCUT2D eigenvalue weighted by molar-refractivity contribution is -0.186. The molecule has 2 fully saturated rings. The highest BCUT2D eigenvalue weighted by molar-refractivity contribution is 5.92. The number of hydrogen-bond donors (Lipinski definition) is 1. The smallest absolute Gasteiger partial charge is 0.371 e. The monoisotopic (exact) mass is 369 g/mol. The van der Waals surface area contributed by atoms with E-state index in [1.54, 1.807) is 4.90 Å². The minimum absolute atomic E-state index is 0.000492. The van der Waals surface area contributed by atoms with E-state index in [-0.39, 0.29) is 25.4 Å². The first-order valence-electron chi connectivity index (χ1n) is 9.27. The van der Waals surface area contributed by atoms with Gasteiger partial charge in [0.1, 0.15) is 0 Å². The molecule has 3 rings (SSSR count). The number of anilines is 2. The third-order valence-corrected chi connectivity index (χ3v) is 5.26. The Morgan fingerprint density at radius 2 is 1.92 bits per heavy atom.